The van der Waals surface area contributed by atoms with Crippen molar-refractivity contribution in [3.8, 4) is 0 Å². The van der Waals surface area contributed by atoms with E-state index < -0.39 is 12.0 Å². The second-order valence-corrected chi connectivity index (χ2v) is 3.72. The van der Waals surface area contributed by atoms with Crippen molar-refractivity contribution in [1.29, 1.82) is 0 Å². The molecule has 0 rings (SSSR count). The third-order valence-corrected chi connectivity index (χ3v) is 2.21. The number of aliphatic hydroxyl groups excluding tert-OH is 1. The van der Waals surface area contributed by atoms with Gasteiger partial charge in [0.1, 0.15) is 6.04 Å². The SMILES string of the molecule is C[C@@H](NC(=O)N(C)CCCCCO)C(=O)O. The van der Waals surface area contributed by atoms with E-state index in [1.807, 2.05) is 0 Å². The van der Waals surface area contributed by atoms with Gasteiger partial charge in [0.05, 0.1) is 0 Å². The highest BCUT2D eigenvalue weighted by molar-refractivity contribution is 5.82. The molecule has 1 atom stereocenters. The molecule has 0 radical (unpaired) electrons. The van der Waals surface area contributed by atoms with Crippen LogP contribution < -0.4 is 5.32 Å². The molecule has 0 aromatic heterocycles. The van der Waals surface area contributed by atoms with Gasteiger partial charge in [-0.15, -0.1) is 0 Å². The lowest BCUT2D eigenvalue weighted by Gasteiger charge is -2.19. The van der Waals surface area contributed by atoms with Crippen molar-refractivity contribution in [2.75, 3.05) is 20.2 Å². The number of urea groups is 1. The fraction of sp³-hybridized carbons (Fsp3) is 0.800. The predicted molar refractivity (Wildman–Crippen MR) is 59.2 cm³/mol. The summed E-state index contributed by atoms with van der Waals surface area (Å²) in [6.07, 6.45) is 2.37. The monoisotopic (exact) mass is 232 g/mol. The highest BCUT2D eigenvalue weighted by atomic mass is 16.4. The molecule has 0 heterocycles. The Bertz CT molecular complexity index is 233. The number of aliphatic hydroxyl groups is 1. The Balaban J connectivity index is 3.77. The van der Waals surface area contributed by atoms with E-state index in [9.17, 15) is 9.59 Å². The second kappa shape index (κ2) is 7.92. The molecule has 0 saturated carbocycles. The van der Waals surface area contributed by atoms with Gasteiger partial charge in [-0.3, -0.25) is 4.79 Å². The zero-order valence-corrected chi connectivity index (χ0v) is 9.77. The van der Waals surface area contributed by atoms with Gasteiger partial charge < -0.3 is 20.4 Å². The molecule has 0 spiro atoms. The van der Waals surface area contributed by atoms with E-state index in [-0.39, 0.29) is 12.6 Å². The molecule has 3 N–H and O–H groups in total. The standard InChI is InChI=1S/C10H20N2O4/c1-8(9(14)15)11-10(16)12(2)6-4-3-5-7-13/h8,13H,3-7H2,1-2H3,(H,11,16)(H,14,15)/t8-/m1/s1. The zero-order valence-electron chi connectivity index (χ0n) is 9.77. The van der Waals surface area contributed by atoms with Gasteiger partial charge in [-0.2, -0.15) is 0 Å². The van der Waals surface area contributed by atoms with Crippen LogP contribution in [0.4, 0.5) is 4.79 Å². The maximum absolute atomic E-state index is 11.4. The van der Waals surface area contributed by atoms with Gasteiger partial charge in [-0.25, -0.2) is 4.79 Å². The number of hydrogen-bond donors (Lipinski definition) is 3. The lowest BCUT2D eigenvalue weighted by molar-refractivity contribution is -0.138. The highest BCUT2D eigenvalue weighted by Crippen LogP contribution is 1.97. The number of nitrogens with zero attached hydrogens (tertiary/aromatic N) is 1. The van der Waals surface area contributed by atoms with E-state index >= 15 is 0 Å². The summed E-state index contributed by atoms with van der Waals surface area (Å²) < 4.78 is 0. The van der Waals surface area contributed by atoms with Gasteiger partial charge in [-0.05, 0) is 26.2 Å². The van der Waals surface area contributed by atoms with Crippen LogP contribution >= 0.6 is 0 Å². The number of hydrogen-bond acceptors (Lipinski definition) is 3. The number of aliphatic carboxylic acids is 1. The normalized spacial score (nSPS) is 11.9. The minimum absolute atomic E-state index is 0.159. The molecule has 0 aliphatic heterocycles. The molecule has 0 aliphatic carbocycles. The van der Waals surface area contributed by atoms with Crippen molar-refractivity contribution in [2.24, 2.45) is 0 Å². The number of rotatable bonds is 7. The molecule has 6 heteroatoms. The average molecular weight is 232 g/mol. The fourth-order valence-corrected chi connectivity index (χ4v) is 1.10. The molecule has 0 saturated heterocycles. The number of amides is 2. The maximum Gasteiger partial charge on any atom is 0.325 e. The Morgan fingerprint density at radius 1 is 1.31 bits per heavy atom. The molecular weight excluding hydrogens is 212 g/mol. The summed E-state index contributed by atoms with van der Waals surface area (Å²) in [5, 5.41) is 19.5. The Kier molecular flexibility index (Phi) is 7.28. The second-order valence-electron chi connectivity index (χ2n) is 3.72. The minimum atomic E-state index is -1.05. The average Bonchev–Trinajstić information content (AvgIpc) is 2.23. The molecular formula is C10H20N2O4. The van der Waals surface area contributed by atoms with Crippen LogP contribution in [-0.2, 0) is 4.79 Å². The Morgan fingerprint density at radius 3 is 2.44 bits per heavy atom. The summed E-state index contributed by atoms with van der Waals surface area (Å²) in [5.74, 6) is -1.05. The van der Waals surface area contributed by atoms with E-state index in [4.69, 9.17) is 10.2 Å². The molecule has 0 fully saturated rings. The Labute approximate surface area is 95.2 Å². The number of carboxylic acids is 1. The van der Waals surface area contributed by atoms with Gasteiger partial charge >= 0.3 is 12.0 Å². The number of nitrogens with one attached hydrogen (secondary N) is 1. The summed E-state index contributed by atoms with van der Waals surface area (Å²) in [6, 6.07) is -1.27. The Hall–Kier alpha value is -1.30. The quantitative estimate of drug-likeness (QED) is 0.549. The van der Waals surface area contributed by atoms with E-state index in [1.54, 1.807) is 7.05 Å². The first kappa shape index (κ1) is 14.7. The van der Waals surface area contributed by atoms with Crippen molar-refractivity contribution >= 4 is 12.0 Å². The van der Waals surface area contributed by atoms with Gasteiger partial charge in [0.2, 0.25) is 0 Å². The summed E-state index contributed by atoms with van der Waals surface area (Å²) >= 11 is 0. The van der Waals surface area contributed by atoms with Crippen molar-refractivity contribution < 1.29 is 19.8 Å². The molecule has 0 aliphatic rings. The fourth-order valence-electron chi connectivity index (χ4n) is 1.10. The lowest BCUT2D eigenvalue weighted by Crippen LogP contribution is -2.45. The van der Waals surface area contributed by atoms with E-state index in [2.05, 4.69) is 5.32 Å². The zero-order chi connectivity index (χ0) is 12.6. The van der Waals surface area contributed by atoms with Crippen LogP contribution in [0.1, 0.15) is 26.2 Å². The van der Waals surface area contributed by atoms with Crippen LogP contribution in [0.5, 0.6) is 0 Å². The van der Waals surface area contributed by atoms with Gasteiger partial charge in [-0.1, -0.05) is 0 Å². The van der Waals surface area contributed by atoms with E-state index in [1.165, 1.54) is 11.8 Å². The van der Waals surface area contributed by atoms with E-state index in [0.29, 0.717) is 6.54 Å². The molecule has 94 valence electrons. The first-order valence-corrected chi connectivity index (χ1v) is 5.34. The molecule has 6 nitrogen and oxygen atoms in total. The molecule has 2 amide bonds. The Morgan fingerprint density at radius 2 is 1.94 bits per heavy atom. The third-order valence-electron chi connectivity index (χ3n) is 2.21. The van der Waals surface area contributed by atoms with Crippen LogP contribution in [0.15, 0.2) is 0 Å². The largest absolute Gasteiger partial charge is 0.480 e. The highest BCUT2D eigenvalue weighted by Gasteiger charge is 2.16. The van der Waals surface area contributed by atoms with Crippen LogP contribution in [0.2, 0.25) is 0 Å². The maximum atomic E-state index is 11.4. The van der Waals surface area contributed by atoms with Gasteiger partial charge in [0.15, 0.2) is 0 Å². The van der Waals surface area contributed by atoms with Crippen LogP contribution in [0.25, 0.3) is 0 Å². The number of unbranched alkanes of at least 4 members (excludes halogenated alkanes) is 2. The smallest absolute Gasteiger partial charge is 0.325 e. The number of carboxylic acid groups (broad SMARTS) is 1. The van der Waals surface area contributed by atoms with E-state index in [0.717, 1.165) is 19.3 Å². The number of carbonyl (C=O) groups is 2. The van der Waals surface area contributed by atoms with Crippen molar-refractivity contribution in [3.63, 3.8) is 0 Å². The minimum Gasteiger partial charge on any atom is -0.480 e. The van der Waals surface area contributed by atoms with Crippen LogP contribution in [0.3, 0.4) is 0 Å². The molecule has 0 unspecified atom stereocenters. The van der Waals surface area contributed by atoms with Crippen molar-refractivity contribution in [2.45, 2.75) is 32.2 Å². The topological polar surface area (TPSA) is 89.9 Å². The molecule has 0 bridgehead atoms. The summed E-state index contributed by atoms with van der Waals surface area (Å²) in [6.45, 7) is 2.13. The molecule has 0 aromatic rings. The summed E-state index contributed by atoms with van der Waals surface area (Å²) in [7, 11) is 1.61. The molecule has 16 heavy (non-hydrogen) atoms. The third kappa shape index (κ3) is 6.23. The molecule has 0 aromatic carbocycles. The number of carbonyl (C=O) groups excluding carboxylic acids is 1. The van der Waals surface area contributed by atoms with Crippen LogP contribution in [0, 0.1) is 0 Å². The van der Waals surface area contributed by atoms with Crippen LogP contribution in [-0.4, -0.2) is 53.4 Å². The van der Waals surface area contributed by atoms with Gasteiger partial charge in [0.25, 0.3) is 0 Å². The van der Waals surface area contributed by atoms with Crippen molar-refractivity contribution in [3.05, 3.63) is 0 Å². The summed E-state index contributed by atoms with van der Waals surface area (Å²) in [5.41, 5.74) is 0. The lowest BCUT2D eigenvalue weighted by atomic mass is 10.2. The predicted octanol–water partition coefficient (Wildman–Crippen LogP) is 0.263. The van der Waals surface area contributed by atoms with Crippen molar-refractivity contribution in [1.82, 2.24) is 10.2 Å². The summed E-state index contributed by atoms with van der Waals surface area (Å²) in [4.78, 5) is 23.4. The first-order chi connectivity index (χ1) is 7.49. The first-order valence-electron chi connectivity index (χ1n) is 5.34. The van der Waals surface area contributed by atoms with Gasteiger partial charge in [0, 0.05) is 20.2 Å².